The summed E-state index contributed by atoms with van der Waals surface area (Å²) in [7, 11) is 1.28. The Morgan fingerprint density at radius 3 is 1.15 bits per heavy atom. The van der Waals surface area contributed by atoms with Gasteiger partial charge in [0, 0.05) is 0 Å². The molecule has 2 aromatic carbocycles. The van der Waals surface area contributed by atoms with Gasteiger partial charge in [-0.1, -0.05) is 13.3 Å². The lowest BCUT2D eigenvalue weighted by molar-refractivity contribution is 0.0432. The summed E-state index contributed by atoms with van der Waals surface area (Å²) >= 11 is 0. The normalized spacial score (nSPS) is 10.2. The lowest BCUT2D eigenvalue weighted by Gasteiger charge is -2.07. The summed E-state index contributed by atoms with van der Waals surface area (Å²) < 4.78 is 20.1. The minimum atomic E-state index is -0.503. The summed E-state index contributed by atoms with van der Waals surface area (Å²) in [5.74, 6) is -1.90. The van der Waals surface area contributed by atoms with Crippen molar-refractivity contribution in [2.75, 3.05) is 26.9 Å². The van der Waals surface area contributed by atoms with Gasteiger partial charge in [-0.3, -0.25) is 0 Å². The first-order valence-electron chi connectivity index (χ1n) is 10.8. The van der Waals surface area contributed by atoms with E-state index in [1.807, 2.05) is 6.92 Å². The third-order valence-corrected chi connectivity index (χ3v) is 4.63. The van der Waals surface area contributed by atoms with E-state index >= 15 is 0 Å². The first-order chi connectivity index (χ1) is 16.0. The van der Waals surface area contributed by atoms with Crippen LogP contribution in [0.15, 0.2) is 48.5 Å². The first-order valence-corrected chi connectivity index (χ1v) is 10.8. The van der Waals surface area contributed by atoms with E-state index in [-0.39, 0.29) is 13.2 Å². The predicted molar refractivity (Wildman–Crippen MR) is 119 cm³/mol. The molecule has 8 heteroatoms. The van der Waals surface area contributed by atoms with Crippen molar-refractivity contribution in [3.8, 4) is 0 Å². The highest BCUT2D eigenvalue weighted by atomic mass is 16.5. The Kier molecular flexibility index (Phi) is 10.6. The van der Waals surface area contributed by atoms with Gasteiger partial charge in [0.2, 0.25) is 0 Å². The van der Waals surface area contributed by atoms with Crippen LogP contribution >= 0.6 is 0 Å². The van der Waals surface area contributed by atoms with Crippen molar-refractivity contribution in [1.82, 2.24) is 0 Å². The van der Waals surface area contributed by atoms with Crippen molar-refractivity contribution >= 4 is 23.9 Å². The van der Waals surface area contributed by atoms with Crippen LogP contribution in [0.2, 0.25) is 0 Å². The van der Waals surface area contributed by atoms with Crippen LogP contribution in [-0.4, -0.2) is 50.8 Å². The van der Waals surface area contributed by atoms with Crippen LogP contribution < -0.4 is 0 Å². The molecule has 33 heavy (non-hydrogen) atoms. The highest BCUT2D eigenvalue weighted by molar-refractivity contribution is 5.94. The monoisotopic (exact) mass is 456 g/mol. The number of carbonyl (C=O) groups is 4. The first kappa shape index (κ1) is 25.6. The molecule has 0 N–H and O–H groups in total. The van der Waals surface area contributed by atoms with E-state index < -0.39 is 23.9 Å². The van der Waals surface area contributed by atoms with E-state index in [1.165, 1.54) is 55.6 Å². The third-order valence-electron chi connectivity index (χ3n) is 4.63. The van der Waals surface area contributed by atoms with Gasteiger partial charge in [0.25, 0.3) is 0 Å². The fraction of sp³-hybridized carbons (Fsp3) is 0.360. The molecule has 0 spiro atoms. The third kappa shape index (κ3) is 8.40. The van der Waals surface area contributed by atoms with Crippen LogP contribution in [-0.2, 0) is 18.9 Å². The maximum absolute atomic E-state index is 12.1. The number of hydrogen-bond acceptors (Lipinski definition) is 8. The van der Waals surface area contributed by atoms with Gasteiger partial charge in [-0.05, 0) is 67.8 Å². The lowest BCUT2D eigenvalue weighted by atomic mass is 10.1. The van der Waals surface area contributed by atoms with Gasteiger partial charge in [-0.2, -0.15) is 0 Å². The summed E-state index contributed by atoms with van der Waals surface area (Å²) in [6.45, 7) is 2.72. The van der Waals surface area contributed by atoms with Crippen LogP contribution in [0.4, 0.5) is 0 Å². The fourth-order valence-electron chi connectivity index (χ4n) is 2.70. The zero-order chi connectivity index (χ0) is 24.1. The SMILES string of the molecule is CCCCOC(=O)c1ccc(C(=O)OCCCCOC(=O)c2ccc(C(=O)OC)cc2)cc1. The van der Waals surface area contributed by atoms with Gasteiger partial charge in [-0.15, -0.1) is 0 Å². The van der Waals surface area contributed by atoms with Gasteiger partial charge in [0.15, 0.2) is 0 Å². The van der Waals surface area contributed by atoms with Crippen LogP contribution in [0.1, 0.15) is 74.0 Å². The summed E-state index contributed by atoms with van der Waals surface area (Å²) in [6, 6.07) is 12.1. The Morgan fingerprint density at radius 1 is 0.545 bits per heavy atom. The summed E-state index contributed by atoms with van der Waals surface area (Å²) in [5, 5.41) is 0. The second-order valence-electron chi connectivity index (χ2n) is 7.11. The van der Waals surface area contributed by atoms with E-state index in [1.54, 1.807) is 0 Å². The molecule has 0 aliphatic carbocycles. The zero-order valence-electron chi connectivity index (χ0n) is 18.8. The largest absolute Gasteiger partial charge is 0.465 e. The molecule has 0 saturated heterocycles. The predicted octanol–water partition coefficient (Wildman–Crippen LogP) is 4.22. The van der Waals surface area contributed by atoms with Crippen LogP contribution in [0, 0.1) is 0 Å². The second kappa shape index (κ2) is 13.7. The smallest absolute Gasteiger partial charge is 0.338 e. The van der Waals surface area contributed by atoms with Crippen molar-refractivity contribution in [2.45, 2.75) is 32.6 Å². The minimum Gasteiger partial charge on any atom is -0.465 e. The molecule has 8 nitrogen and oxygen atoms in total. The molecule has 2 aromatic rings. The molecule has 0 radical (unpaired) electrons. The Balaban J connectivity index is 1.65. The molecule has 176 valence electrons. The molecular formula is C25H28O8. The van der Waals surface area contributed by atoms with E-state index in [4.69, 9.17) is 14.2 Å². The Labute approximate surface area is 192 Å². The highest BCUT2D eigenvalue weighted by Gasteiger charge is 2.12. The van der Waals surface area contributed by atoms with E-state index in [9.17, 15) is 19.2 Å². The number of rotatable bonds is 12. The molecule has 0 aromatic heterocycles. The number of unbranched alkanes of at least 4 members (excludes halogenated alkanes) is 2. The molecule has 0 unspecified atom stereocenters. The zero-order valence-corrected chi connectivity index (χ0v) is 18.8. The number of methoxy groups -OCH3 is 1. The average Bonchev–Trinajstić information content (AvgIpc) is 2.85. The molecule has 0 atom stereocenters. The second-order valence-corrected chi connectivity index (χ2v) is 7.11. The molecule has 0 aliphatic rings. The molecule has 0 fully saturated rings. The molecule has 0 heterocycles. The van der Waals surface area contributed by atoms with Crippen molar-refractivity contribution in [2.24, 2.45) is 0 Å². The number of ether oxygens (including phenoxy) is 4. The molecule has 0 amide bonds. The number of benzene rings is 2. The molecule has 0 aliphatic heterocycles. The van der Waals surface area contributed by atoms with Gasteiger partial charge >= 0.3 is 23.9 Å². The highest BCUT2D eigenvalue weighted by Crippen LogP contribution is 2.10. The Hall–Kier alpha value is -3.68. The van der Waals surface area contributed by atoms with Crippen LogP contribution in [0.25, 0.3) is 0 Å². The molecule has 0 bridgehead atoms. The summed E-state index contributed by atoms with van der Waals surface area (Å²) in [6.07, 6.45) is 2.77. The maximum Gasteiger partial charge on any atom is 0.338 e. The number of carbonyl (C=O) groups excluding carboxylic acids is 4. The van der Waals surface area contributed by atoms with E-state index in [2.05, 4.69) is 4.74 Å². The average molecular weight is 456 g/mol. The van der Waals surface area contributed by atoms with Crippen molar-refractivity contribution < 1.29 is 38.1 Å². The van der Waals surface area contributed by atoms with Gasteiger partial charge in [0.1, 0.15) is 0 Å². The standard InChI is InChI=1S/C25H28O8/c1-3-4-15-31-23(27)20-11-13-21(14-12-20)25(29)33-17-6-5-16-32-24(28)19-9-7-18(8-10-19)22(26)30-2/h7-14H,3-6,15-17H2,1-2H3. The quantitative estimate of drug-likeness (QED) is 0.266. The van der Waals surface area contributed by atoms with Gasteiger partial charge < -0.3 is 18.9 Å². The number of hydrogen-bond donors (Lipinski definition) is 0. The molecule has 0 saturated carbocycles. The topological polar surface area (TPSA) is 105 Å². The maximum atomic E-state index is 12.1. The van der Waals surface area contributed by atoms with Gasteiger partial charge in [0.05, 0.1) is 49.2 Å². The van der Waals surface area contributed by atoms with Crippen LogP contribution in [0.5, 0.6) is 0 Å². The van der Waals surface area contributed by atoms with Gasteiger partial charge in [-0.25, -0.2) is 19.2 Å². The summed E-state index contributed by atoms with van der Waals surface area (Å²) in [5.41, 5.74) is 1.38. The van der Waals surface area contributed by atoms with Crippen molar-refractivity contribution in [3.63, 3.8) is 0 Å². The Bertz CT molecular complexity index is 932. The summed E-state index contributed by atoms with van der Waals surface area (Å²) in [4.78, 5) is 47.4. The van der Waals surface area contributed by atoms with E-state index in [0.717, 1.165) is 12.8 Å². The molecular weight excluding hydrogens is 428 g/mol. The lowest BCUT2D eigenvalue weighted by Crippen LogP contribution is -2.10. The Morgan fingerprint density at radius 2 is 0.848 bits per heavy atom. The van der Waals surface area contributed by atoms with Crippen LogP contribution in [0.3, 0.4) is 0 Å². The van der Waals surface area contributed by atoms with Crippen molar-refractivity contribution in [1.29, 1.82) is 0 Å². The van der Waals surface area contributed by atoms with E-state index in [0.29, 0.717) is 41.7 Å². The minimum absolute atomic E-state index is 0.171. The number of esters is 4. The fourth-order valence-corrected chi connectivity index (χ4v) is 2.70. The molecule has 2 rings (SSSR count). The van der Waals surface area contributed by atoms with Crippen molar-refractivity contribution in [3.05, 3.63) is 70.8 Å².